The third-order valence-corrected chi connectivity index (χ3v) is 7.16. The van der Waals surface area contributed by atoms with Crippen LogP contribution in [0.5, 0.6) is 0 Å². The fourth-order valence-electron chi connectivity index (χ4n) is 4.46. The first-order chi connectivity index (χ1) is 17.9. The molecule has 0 bridgehead atoms. The zero-order valence-corrected chi connectivity index (χ0v) is 20.9. The maximum absolute atomic E-state index is 13.1. The van der Waals surface area contributed by atoms with Gasteiger partial charge in [0, 0.05) is 37.0 Å². The van der Waals surface area contributed by atoms with Crippen molar-refractivity contribution in [1.29, 1.82) is 0 Å². The Kier molecular flexibility index (Phi) is 6.09. The molecule has 14 heteroatoms. The van der Waals surface area contributed by atoms with E-state index in [9.17, 15) is 8.78 Å². The van der Waals surface area contributed by atoms with Crippen molar-refractivity contribution in [2.24, 2.45) is 5.73 Å². The van der Waals surface area contributed by atoms with Crippen molar-refractivity contribution in [3.63, 3.8) is 0 Å². The molecule has 37 heavy (non-hydrogen) atoms. The number of piperidine rings is 1. The van der Waals surface area contributed by atoms with Crippen LogP contribution in [-0.4, -0.2) is 53.5 Å². The van der Waals surface area contributed by atoms with Gasteiger partial charge in [0.25, 0.3) is 0 Å². The average molecular weight is 547 g/mol. The van der Waals surface area contributed by atoms with Gasteiger partial charge >= 0.3 is 6.55 Å². The van der Waals surface area contributed by atoms with Crippen LogP contribution in [0.15, 0.2) is 36.8 Å². The van der Waals surface area contributed by atoms with Gasteiger partial charge in [-0.3, -0.25) is 0 Å². The number of fused-ring (bicyclic) bond motifs is 2. The number of nitrogens with two attached hydrogens (primary N) is 1. The van der Waals surface area contributed by atoms with E-state index in [1.807, 2.05) is 6.07 Å². The second-order valence-electron chi connectivity index (χ2n) is 8.93. The predicted octanol–water partition coefficient (Wildman–Crippen LogP) is 4.71. The number of alkyl halides is 2. The lowest BCUT2D eigenvalue weighted by molar-refractivity contribution is 0.0566. The van der Waals surface area contributed by atoms with Crippen LogP contribution in [-0.2, 0) is 6.54 Å². The van der Waals surface area contributed by atoms with Crippen LogP contribution < -0.4 is 16.0 Å². The van der Waals surface area contributed by atoms with Crippen molar-refractivity contribution in [2.45, 2.75) is 32.0 Å². The van der Waals surface area contributed by atoms with Crippen molar-refractivity contribution >= 4 is 51.4 Å². The number of imidazole rings is 2. The van der Waals surface area contributed by atoms with Gasteiger partial charge < -0.3 is 20.9 Å². The molecular weight excluding hydrogens is 525 g/mol. The van der Waals surface area contributed by atoms with Gasteiger partial charge in [0.2, 0.25) is 0 Å². The molecule has 0 unspecified atom stereocenters. The number of hydrogen-bond donors (Lipinski definition) is 3. The maximum Gasteiger partial charge on any atom is 0.333 e. The van der Waals surface area contributed by atoms with Crippen LogP contribution in [0, 0.1) is 0 Å². The van der Waals surface area contributed by atoms with Crippen molar-refractivity contribution < 1.29 is 8.78 Å². The van der Waals surface area contributed by atoms with Crippen LogP contribution in [0.1, 0.15) is 25.2 Å². The Hall–Kier alpha value is -3.48. The molecule has 0 spiro atoms. The standard InChI is InChI=1S/C23H22Cl2F2N10/c24-14-5-16-17(6-15(14)25)33-20(32-16)10-29-18-7-21(35-3-1-13(28)2-4-35)34-37-19(9-30-22(18)37)12-8-31-36(11-12)23(26)27/h5-9,11,13,23,29H,1-4,10,28H2,(H,32,33). The largest absolute Gasteiger partial charge is 0.375 e. The molecule has 0 radical (unpaired) electrons. The topological polar surface area (TPSA) is 118 Å². The summed E-state index contributed by atoms with van der Waals surface area (Å²) >= 11 is 12.3. The molecule has 4 aromatic heterocycles. The van der Waals surface area contributed by atoms with Gasteiger partial charge in [0.15, 0.2) is 11.5 Å². The first-order valence-electron chi connectivity index (χ1n) is 11.6. The second kappa shape index (κ2) is 9.43. The first-order valence-corrected chi connectivity index (χ1v) is 12.4. The average Bonchev–Trinajstić information content (AvgIpc) is 3.61. The smallest absolute Gasteiger partial charge is 0.333 e. The minimum atomic E-state index is -2.74. The van der Waals surface area contributed by atoms with E-state index in [2.05, 4.69) is 30.3 Å². The Morgan fingerprint density at radius 3 is 2.68 bits per heavy atom. The van der Waals surface area contributed by atoms with Crippen LogP contribution in [0.3, 0.4) is 0 Å². The summed E-state index contributed by atoms with van der Waals surface area (Å²) < 4.78 is 28.5. The number of aromatic amines is 1. The number of benzene rings is 1. The lowest BCUT2D eigenvalue weighted by Crippen LogP contribution is -2.40. The van der Waals surface area contributed by atoms with Gasteiger partial charge in [-0.25, -0.2) is 19.2 Å². The van der Waals surface area contributed by atoms with Crippen LogP contribution in [0.25, 0.3) is 27.9 Å². The molecular formula is C23H22Cl2F2N10. The lowest BCUT2D eigenvalue weighted by atomic mass is 10.1. The van der Waals surface area contributed by atoms with Gasteiger partial charge in [0.05, 0.1) is 51.4 Å². The number of nitrogens with zero attached hydrogens (tertiary/aromatic N) is 7. The van der Waals surface area contributed by atoms with E-state index >= 15 is 0 Å². The van der Waals surface area contributed by atoms with Crippen molar-refractivity contribution in [3.8, 4) is 11.3 Å². The molecule has 5 heterocycles. The highest BCUT2D eigenvalue weighted by Crippen LogP contribution is 2.30. The maximum atomic E-state index is 13.1. The van der Waals surface area contributed by atoms with Crippen LogP contribution in [0.2, 0.25) is 10.0 Å². The Balaban J connectivity index is 1.37. The molecule has 1 saturated heterocycles. The molecule has 1 aliphatic heterocycles. The van der Waals surface area contributed by atoms with Gasteiger partial charge in [-0.05, 0) is 25.0 Å². The number of halogens is 4. The number of H-pyrrole nitrogens is 1. The summed E-state index contributed by atoms with van der Waals surface area (Å²) in [5, 5.41) is 12.8. The highest BCUT2D eigenvalue weighted by molar-refractivity contribution is 6.42. The summed E-state index contributed by atoms with van der Waals surface area (Å²) in [7, 11) is 0. The summed E-state index contributed by atoms with van der Waals surface area (Å²) in [5.74, 6) is 1.41. The number of aromatic nitrogens is 7. The minimum absolute atomic E-state index is 0.164. The molecule has 10 nitrogen and oxygen atoms in total. The Morgan fingerprint density at radius 2 is 1.92 bits per heavy atom. The zero-order chi connectivity index (χ0) is 25.7. The SMILES string of the molecule is NC1CCN(c2cc(NCc3nc4cc(Cl)c(Cl)cc4[nH]3)c3ncc(-c4cnn(C(F)F)c4)n3n2)CC1. The fourth-order valence-corrected chi connectivity index (χ4v) is 4.78. The van der Waals surface area contributed by atoms with Crippen LogP contribution >= 0.6 is 23.2 Å². The van der Waals surface area contributed by atoms with Crippen LogP contribution in [0.4, 0.5) is 20.3 Å². The molecule has 1 aromatic carbocycles. The molecule has 0 aliphatic carbocycles. The summed E-state index contributed by atoms with van der Waals surface area (Å²) in [5.41, 5.74) is 9.86. The van der Waals surface area contributed by atoms with Crippen molar-refractivity contribution in [2.75, 3.05) is 23.3 Å². The van der Waals surface area contributed by atoms with Gasteiger partial charge in [-0.1, -0.05) is 23.2 Å². The second-order valence-corrected chi connectivity index (χ2v) is 9.74. The lowest BCUT2D eigenvalue weighted by Gasteiger charge is -2.31. The summed E-state index contributed by atoms with van der Waals surface area (Å²) in [6.07, 6.45) is 5.96. The third kappa shape index (κ3) is 4.56. The van der Waals surface area contributed by atoms with E-state index in [1.165, 1.54) is 12.4 Å². The fraction of sp³-hybridized carbons (Fsp3) is 0.304. The van der Waals surface area contributed by atoms with Crippen molar-refractivity contribution in [3.05, 3.63) is 52.7 Å². The highest BCUT2D eigenvalue weighted by Gasteiger charge is 2.21. The molecule has 0 atom stereocenters. The number of anilines is 2. The van der Waals surface area contributed by atoms with E-state index in [0.717, 1.165) is 37.3 Å². The Morgan fingerprint density at radius 1 is 1.14 bits per heavy atom. The molecule has 6 rings (SSSR count). The van der Waals surface area contributed by atoms with E-state index in [-0.39, 0.29) is 6.04 Å². The zero-order valence-electron chi connectivity index (χ0n) is 19.4. The number of rotatable bonds is 6. The molecule has 0 saturated carbocycles. The van der Waals surface area contributed by atoms with E-state index in [4.69, 9.17) is 34.0 Å². The normalized spacial score (nSPS) is 14.9. The monoisotopic (exact) mass is 546 g/mol. The van der Waals surface area contributed by atoms with E-state index in [1.54, 1.807) is 22.8 Å². The number of nitrogens with one attached hydrogen (secondary N) is 2. The highest BCUT2D eigenvalue weighted by atomic mass is 35.5. The van der Waals surface area contributed by atoms with Gasteiger partial charge in [0.1, 0.15) is 5.82 Å². The summed E-state index contributed by atoms with van der Waals surface area (Å²) in [6, 6.07) is 5.54. The first kappa shape index (κ1) is 23.9. The van der Waals surface area contributed by atoms with Gasteiger partial charge in [-0.2, -0.15) is 13.9 Å². The summed E-state index contributed by atoms with van der Waals surface area (Å²) in [6.45, 7) is -0.853. The van der Waals surface area contributed by atoms with Crippen molar-refractivity contribution in [1.82, 2.24) is 34.3 Å². The molecule has 1 aliphatic rings. The predicted molar refractivity (Wildman–Crippen MR) is 138 cm³/mol. The molecule has 4 N–H and O–H groups in total. The molecule has 0 amide bonds. The minimum Gasteiger partial charge on any atom is -0.375 e. The molecule has 1 fully saturated rings. The summed E-state index contributed by atoms with van der Waals surface area (Å²) in [4.78, 5) is 14.5. The van der Waals surface area contributed by atoms with E-state index in [0.29, 0.717) is 55.2 Å². The third-order valence-electron chi connectivity index (χ3n) is 6.43. The quantitative estimate of drug-likeness (QED) is 0.282. The van der Waals surface area contributed by atoms with E-state index < -0.39 is 6.55 Å². The van der Waals surface area contributed by atoms with Gasteiger partial charge in [-0.15, -0.1) is 5.10 Å². The number of hydrogen-bond acceptors (Lipinski definition) is 7. The Bertz CT molecular complexity index is 1550. The Labute approximate surface area is 219 Å². The molecule has 192 valence electrons. The molecule has 5 aromatic rings.